The van der Waals surface area contributed by atoms with Crippen LogP contribution in [0.2, 0.25) is 0 Å². The van der Waals surface area contributed by atoms with Crippen molar-refractivity contribution in [3.05, 3.63) is 0 Å². The summed E-state index contributed by atoms with van der Waals surface area (Å²) in [6.07, 6.45) is 3.85. The first kappa shape index (κ1) is 11.2. The highest BCUT2D eigenvalue weighted by molar-refractivity contribution is 5.84. The lowest BCUT2D eigenvalue weighted by Gasteiger charge is -2.40. The summed E-state index contributed by atoms with van der Waals surface area (Å²) in [5.74, 6) is 0.242. The molecule has 3 saturated carbocycles. The Morgan fingerprint density at radius 2 is 2.00 bits per heavy atom. The lowest BCUT2D eigenvalue weighted by Crippen LogP contribution is -2.40. The van der Waals surface area contributed by atoms with Crippen LogP contribution < -0.4 is 0 Å². The number of hydrogen-bond donors (Lipinski definition) is 1. The molecule has 0 unspecified atom stereocenters. The third-order valence-corrected chi connectivity index (χ3v) is 5.74. The molecular formula is C14H20O3. The molecule has 3 rings (SSSR count). The summed E-state index contributed by atoms with van der Waals surface area (Å²) in [6, 6.07) is 0. The summed E-state index contributed by atoms with van der Waals surface area (Å²) in [4.78, 5) is 23.3. The Morgan fingerprint density at radius 1 is 1.29 bits per heavy atom. The van der Waals surface area contributed by atoms with Crippen LogP contribution in [0.4, 0.5) is 0 Å². The molecule has 4 atom stereocenters. The van der Waals surface area contributed by atoms with Gasteiger partial charge in [0.25, 0.3) is 0 Å². The van der Waals surface area contributed by atoms with Gasteiger partial charge in [-0.25, -0.2) is 0 Å². The molecule has 3 heteroatoms. The van der Waals surface area contributed by atoms with Gasteiger partial charge in [0.15, 0.2) is 0 Å². The second-order valence-corrected chi connectivity index (χ2v) is 7.00. The maximum atomic E-state index is 11.8. The van der Waals surface area contributed by atoms with E-state index in [1.807, 2.05) is 0 Å². The number of rotatable bonds is 1. The number of Topliss-reactive ketones (excluding diaryl/α,β-unsaturated/α-hetero) is 1. The van der Waals surface area contributed by atoms with E-state index in [0.717, 1.165) is 19.3 Å². The first-order chi connectivity index (χ1) is 7.87. The normalized spacial score (nSPS) is 46.9. The van der Waals surface area contributed by atoms with E-state index >= 15 is 0 Å². The van der Waals surface area contributed by atoms with Crippen LogP contribution in [0.1, 0.15) is 46.0 Å². The Kier molecular flexibility index (Phi) is 2.06. The molecule has 0 aromatic heterocycles. The Balaban J connectivity index is 2.07. The molecule has 17 heavy (non-hydrogen) atoms. The molecule has 0 aromatic rings. The minimum atomic E-state index is -0.680. The maximum Gasteiger partial charge on any atom is 0.307 e. The number of carboxylic acid groups (broad SMARTS) is 1. The summed E-state index contributed by atoms with van der Waals surface area (Å²) in [5, 5.41) is 9.45. The molecule has 0 aromatic carbocycles. The SMILES string of the molecule is CC1(C)C[C@@]23CC(=O)C[C@H]2[C@H]1CC[C@@H]3C(=O)O. The van der Waals surface area contributed by atoms with E-state index in [-0.39, 0.29) is 16.7 Å². The molecule has 1 N–H and O–H groups in total. The minimum Gasteiger partial charge on any atom is -0.481 e. The topological polar surface area (TPSA) is 54.4 Å². The summed E-state index contributed by atoms with van der Waals surface area (Å²) < 4.78 is 0. The van der Waals surface area contributed by atoms with Gasteiger partial charge in [0, 0.05) is 12.8 Å². The van der Waals surface area contributed by atoms with Crippen molar-refractivity contribution in [2.75, 3.05) is 0 Å². The van der Waals surface area contributed by atoms with Crippen molar-refractivity contribution < 1.29 is 14.7 Å². The van der Waals surface area contributed by atoms with Crippen LogP contribution in [0.5, 0.6) is 0 Å². The zero-order valence-electron chi connectivity index (χ0n) is 10.5. The van der Waals surface area contributed by atoms with E-state index in [1.165, 1.54) is 0 Å². The number of hydrogen-bond acceptors (Lipinski definition) is 2. The summed E-state index contributed by atoms with van der Waals surface area (Å²) in [7, 11) is 0. The van der Waals surface area contributed by atoms with E-state index in [2.05, 4.69) is 13.8 Å². The van der Waals surface area contributed by atoms with Gasteiger partial charge in [0.2, 0.25) is 0 Å². The summed E-state index contributed by atoms with van der Waals surface area (Å²) in [5.41, 5.74) is 0.0187. The highest BCUT2D eigenvalue weighted by Crippen LogP contribution is 2.70. The van der Waals surface area contributed by atoms with E-state index in [1.54, 1.807) is 0 Å². The first-order valence-corrected chi connectivity index (χ1v) is 6.61. The zero-order valence-corrected chi connectivity index (χ0v) is 10.5. The maximum absolute atomic E-state index is 11.8. The molecule has 0 radical (unpaired) electrons. The predicted molar refractivity (Wildman–Crippen MR) is 62.4 cm³/mol. The monoisotopic (exact) mass is 236 g/mol. The molecule has 94 valence electrons. The molecule has 3 aliphatic carbocycles. The predicted octanol–water partition coefficient (Wildman–Crippen LogP) is 2.49. The molecule has 0 spiro atoms. The highest BCUT2D eigenvalue weighted by Gasteiger charge is 2.67. The van der Waals surface area contributed by atoms with Crippen LogP contribution in [0, 0.1) is 28.6 Å². The Labute approximate surface area is 102 Å². The van der Waals surface area contributed by atoms with Crippen molar-refractivity contribution in [2.24, 2.45) is 28.6 Å². The van der Waals surface area contributed by atoms with Crippen LogP contribution in [0.25, 0.3) is 0 Å². The van der Waals surface area contributed by atoms with Gasteiger partial charge in [-0.2, -0.15) is 0 Å². The molecule has 2 bridgehead atoms. The van der Waals surface area contributed by atoms with Crippen molar-refractivity contribution in [3.63, 3.8) is 0 Å². The van der Waals surface area contributed by atoms with Crippen LogP contribution in [0.3, 0.4) is 0 Å². The quantitative estimate of drug-likeness (QED) is 0.761. The fourth-order valence-electron chi connectivity index (χ4n) is 5.38. The number of carbonyl (C=O) groups excluding carboxylic acids is 1. The molecular weight excluding hydrogens is 216 g/mol. The van der Waals surface area contributed by atoms with Crippen molar-refractivity contribution >= 4 is 11.8 Å². The number of carboxylic acids is 1. The fraction of sp³-hybridized carbons (Fsp3) is 0.857. The van der Waals surface area contributed by atoms with E-state index in [4.69, 9.17) is 0 Å². The smallest absolute Gasteiger partial charge is 0.307 e. The van der Waals surface area contributed by atoms with Crippen molar-refractivity contribution in [1.82, 2.24) is 0 Å². The zero-order chi connectivity index (χ0) is 12.4. The highest BCUT2D eigenvalue weighted by atomic mass is 16.4. The van der Waals surface area contributed by atoms with Crippen LogP contribution in [-0.4, -0.2) is 16.9 Å². The fourth-order valence-corrected chi connectivity index (χ4v) is 5.38. The second-order valence-electron chi connectivity index (χ2n) is 7.00. The molecule has 0 aliphatic heterocycles. The third-order valence-electron chi connectivity index (χ3n) is 5.74. The average molecular weight is 236 g/mol. The molecule has 0 heterocycles. The van der Waals surface area contributed by atoms with E-state index in [0.29, 0.717) is 30.5 Å². The Hall–Kier alpha value is -0.860. The van der Waals surface area contributed by atoms with Gasteiger partial charge < -0.3 is 5.11 Å². The van der Waals surface area contributed by atoms with Crippen LogP contribution in [-0.2, 0) is 9.59 Å². The number of carbonyl (C=O) groups is 2. The van der Waals surface area contributed by atoms with Crippen LogP contribution in [0.15, 0.2) is 0 Å². The first-order valence-electron chi connectivity index (χ1n) is 6.61. The summed E-state index contributed by atoms with van der Waals surface area (Å²) >= 11 is 0. The lowest BCUT2D eigenvalue weighted by atomic mass is 9.62. The Bertz CT molecular complexity index is 398. The number of ketones is 1. The van der Waals surface area contributed by atoms with Gasteiger partial charge in [-0.15, -0.1) is 0 Å². The van der Waals surface area contributed by atoms with E-state index < -0.39 is 5.97 Å². The molecule has 0 saturated heterocycles. The van der Waals surface area contributed by atoms with Gasteiger partial charge >= 0.3 is 5.97 Å². The Morgan fingerprint density at radius 3 is 2.65 bits per heavy atom. The van der Waals surface area contributed by atoms with Gasteiger partial charge in [-0.1, -0.05) is 13.8 Å². The lowest BCUT2D eigenvalue weighted by molar-refractivity contribution is -0.149. The second kappa shape index (κ2) is 3.12. The van der Waals surface area contributed by atoms with E-state index in [9.17, 15) is 14.7 Å². The standard InChI is InChI=1S/C14H20O3/c1-13(2)7-14-6-8(15)5-11(14)9(13)3-4-10(14)12(16)17/h9-11H,3-7H2,1-2H3,(H,16,17)/t9-,10-,11+,14-/m1/s1. The largest absolute Gasteiger partial charge is 0.481 e. The average Bonchev–Trinajstić information content (AvgIpc) is 2.54. The number of aliphatic carboxylic acids is 1. The summed E-state index contributed by atoms with van der Waals surface area (Å²) in [6.45, 7) is 4.51. The van der Waals surface area contributed by atoms with Crippen molar-refractivity contribution in [1.29, 1.82) is 0 Å². The van der Waals surface area contributed by atoms with Crippen molar-refractivity contribution in [3.8, 4) is 0 Å². The van der Waals surface area contributed by atoms with Crippen LogP contribution >= 0.6 is 0 Å². The van der Waals surface area contributed by atoms with Gasteiger partial charge in [0.1, 0.15) is 5.78 Å². The molecule has 3 fully saturated rings. The van der Waals surface area contributed by atoms with Gasteiger partial charge in [0.05, 0.1) is 5.92 Å². The van der Waals surface area contributed by atoms with Crippen molar-refractivity contribution in [2.45, 2.75) is 46.0 Å². The van der Waals surface area contributed by atoms with Gasteiger partial charge in [-0.3, -0.25) is 9.59 Å². The third kappa shape index (κ3) is 1.28. The molecule has 0 amide bonds. The molecule has 3 nitrogen and oxygen atoms in total. The van der Waals surface area contributed by atoms with Gasteiger partial charge in [-0.05, 0) is 41.9 Å². The molecule has 3 aliphatic rings. The minimum absolute atomic E-state index is 0.199.